The topological polar surface area (TPSA) is 63.9 Å². The lowest BCUT2D eigenvalue weighted by Crippen LogP contribution is -1.92. The van der Waals surface area contributed by atoms with Crippen molar-refractivity contribution in [2.75, 3.05) is 12.8 Å². The Morgan fingerprint density at radius 2 is 2.25 bits per heavy atom. The second kappa shape index (κ2) is 4.13. The number of benzene rings is 1. The third-order valence-corrected chi connectivity index (χ3v) is 2.77. The van der Waals surface area contributed by atoms with Crippen LogP contribution in [0.4, 0.5) is 10.2 Å². The number of ether oxygens (including phenoxy) is 1. The Morgan fingerprint density at radius 1 is 1.50 bits per heavy atom. The monoisotopic (exact) mass is 285 g/mol. The highest BCUT2D eigenvalue weighted by Gasteiger charge is 2.12. The van der Waals surface area contributed by atoms with Crippen molar-refractivity contribution in [2.45, 2.75) is 0 Å². The van der Waals surface area contributed by atoms with Crippen LogP contribution in [-0.4, -0.2) is 17.3 Å². The zero-order valence-electron chi connectivity index (χ0n) is 8.42. The number of H-pyrrole nitrogens is 1. The first kappa shape index (κ1) is 10.9. The normalized spacial score (nSPS) is 10.4. The van der Waals surface area contributed by atoms with Crippen molar-refractivity contribution in [3.05, 3.63) is 28.6 Å². The molecule has 6 heteroatoms. The Hall–Kier alpha value is -1.56. The van der Waals surface area contributed by atoms with Crippen LogP contribution in [0, 0.1) is 5.82 Å². The molecule has 1 aromatic carbocycles. The van der Waals surface area contributed by atoms with Crippen LogP contribution in [0.25, 0.3) is 11.1 Å². The largest absolute Gasteiger partial charge is 0.492 e. The molecule has 1 aromatic heterocycles. The number of nitrogens with two attached hydrogens (primary N) is 1. The molecule has 0 spiro atoms. The number of anilines is 1. The number of hydrogen-bond donors (Lipinski definition) is 2. The van der Waals surface area contributed by atoms with Crippen LogP contribution in [0.15, 0.2) is 22.8 Å². The van der Waals surface area contributed by atoms with Gasteiger partial charge in [-0.25, -0.2) is 4.39 Å². The van der Waals surface area contributed by atoms with E-state index in [9.17, 15) is 4.39 Å². The van der Waals surface area contributed by atoms with E-state index in [1.165, 1.54) is 13.2 Å². The van der Waals surface area contributed by atoms with Crippen molar-refractivity contribution in [2.24, 2.45) is 0 Å². The molecule has 3 N–H and O–H groups in total. The van der Waals surface area contributed by atoms with E-state index in [0.29, 0.717) is 21.4 Å². The molecule has 1 heterocycles. The highest BCUT2D eigenvalue weighted by atomic mass is 79.9. The van der Waals surface area contributed by atoms with E-state index in [0.717, 1.165) is 0 Å². The molecule has 0 unspecified atom stereocenters. The molecule has 4 nitrogen and oxygen atoms in total. The fourth-order valence-electron chi connectivity index (χ4n) is 1.44. The molecular weight excluding hydrogens is 277 g/mol. The van der Waals surface area contributed by atoms with Gasteiger partial charge in [0, 0.05) is 5.56 Å². The molecule has 0 radical (unpaired) electrons. The molecule has 2 aromatic rings. The first-order valence-corrected chi connectivity index (χ1v) is 5.25. The SMILES string of the molecule is COc1c(F)cc(-c2cn[nH]c2N)cc1Br. The molecule has 2 rings (SSSR count). The smallest absolute Gasteiger partial charge is 0.168 e. The minimum absolute atomic E-state index is 0.172. The fraction of sp³-hybridized carbons (Fsp3) is 0.100. The number of aromatic amines is 1. The highest BCUT2D eigenvalue weighted by molar-refractivity contribution is 9.10. The van der Waals surface area contributed by atoms with E-state index in [2.05, 4.69) is 26.1 Å². The number of methoxy groups -OCH3 is 1. The molecule has 0 aliphatic carbocycles. The predicted octanol–water partition coefficient (Wildman–Crippen LogP) is 2.57. The minimum atomic E-state index is -0.451. The summed E-state index contributed by atoms with van der Waals surface area (Å²) in [6.45, 7) is 0. The molecule has 0 aliphatic rings. The van der Waals surface area contributed by atoms with E-state index in [4.69, 9.17) is 10.5 Å². The van der Waals surface area contributed by atoms with Crippen LogP contribution in [0.2, 0.25) is 0 Å². The second-order valence-electron chi connectivity index (χ2n) is 3.17. The van der Waals surface area contributed by atoms with Crippen LogP contribution >= 0.6 is 15.9 Å². The molecule has 84 valence electrons. The van der Waals surface area contributed by atoms with E-state index in [-0.39, 0.29) is 5.75 Å². The van der Waals surface area contributed by atoms with Crippen molar-refractivity contribution in [1.29, 1.82) is 0 Å². The van der Waals surface area contributed by atoms with Gasteiger partial charge in [0.2, 0.25) is 0 Å². The van der Waals surface area contributed by atoms with Crippen LogP contribution in [0.1, 0.15) is 0 Å². The quantitative estimate of drug-likeness (QED) is 0.891. The molecule has 0 saturated heterocycles. The Labute approximate surface area is 99.7 Å². The van der Waals surface area contributed by atoms with Gasteiger partial charge in [-0.2, -0.15) is 5.10 Å². The van der Waals surface area contributed by atoms with Gasteiger partial charge < -0.3 is 10.5 Å². The number of halogens is 2. The van der Waals surface area contributed by atoms with Gasteiger partial charge in [0.25, 0.3) is 0 Å². The van der Waals surface area contributed by atoms with Gasteiger partial charge in [-0.05, 0) is 33.6 Å². The standard InChI is InChI=1S/C10H9BrFN3O/c1-16-9-7(11)2-5(3-8(9)12)6-4-14-15-10(6)13/h2-4H,1H3,(H3,13,14,15). The van der Waals surface area contributed by atoms with E-state index >= 15 is 0 Å². The second-order valence-corrected chi connectivity index (χ2v) is 4.02. The van der Waals surface area contributed by atoms with Crippen molar-refractivity contribution in [3.8, 4) is 16.9 Å². The van der Waals surface area contributed by atoms with Gasteiger partial charge in [-0.3, -0.25) is 5.10 Å². The number of nitrogen functional groups attached to an aromatic ring is 1. The van der Waals surface area contributed by atoms with E-state index < -0.39 is 5.82 Å². The Bertz CT molecular complexity index is 504. The summed E-state index contributed by atoms with van der Waals surface area (Å²) in [7, 11) is 1.41. The van der Waals surface area contributed by atoms with Gasteiger partial charge in [0.05, 0.1) is 17.8 Å². The number of nitrogens with zero attached hydrogens (tertiary/aromatic N) is 1. The van der Waals surface area contributed by atoms with Crippen molar-refractivity contribution < 1.29 is 9.13 Å². The average molecular weight is 286 g/mol. The third-order valence-electron chi connectivity index (χ3n) is 2.18. The third kappa shape index (κ3) is 1.76. The lowest BCUT2D eigenvalue weighted by atomic mass is 10.1. The number of nitrogens with one attached hydrogen (secondary N) is 1. The van der Waals surface area contributed by atoms with E-state index in [1.54, 1.807) is 12.3 Å². The number of aromatic nitrogens is 2. The Balaban J connectivity index is 2.57. The van der Waals surface area contributed by atoms with Gasteiger partial charge >= 0.3 is 0 Å². The highest BCUT2D eigenvalue weighted by Crippen LogP contribution is 2.34. The molecule has 0 saturated carbocycles. The summed E-state index contributed by atoms with van der Waals surface area (Å²) >= 11 is 3.23. The maximum atomic E-state index is 13.6. The maximum Gasteiger partial charge on any atom is 0.168 e. The molecule has 16 heavy (non-hydrogen) atoms. The van der Waals surface area contributed by atoms with Gasteiger partial charge in [-0.1, -0.05) is 0 Å². The zero-order valence-corrected chi connectivity index (χ0v) is 10.0. The summed E-state index contributed by atoms with van der Waals surface area (Å²) < 4.78 is 19.0. The summed E-state index contributed by atoms with van der Waals surface area (Å²) in [4.78, 5) is 0. The van der Waals surface area contributed by atoms with E-state index in [1.807, 2.05) is 0 Å². The molecule has 0 amide bonds. The summed E-state index contributed by atoms with van der Waals surface area (Å²) in [6.07, 6.45) is 1.54. The fourth-order valence-corrected chi connectivity index (χ4v) is 2.03. The van der Waals surface area contributed by atoms with Gasteiger partial charge in [-0.15, -0.1) is 0 Å². The Kier molecular flexibility index (Phi) is 2.82. The Morgan fingerprint density at radius 3 is 2.75 bits per heavy atom. The molecule has 0 bridgehead atoms. The van der Waals surface area contributed by atoms with Crippen molar-refractivity contribution in [3.63, 3.8) is 0 Å². The zero-order chi connectivity index (χ0) is 11.7. The summed E-state index contributed by atoms with van der Waals surface area (Å²) in [6, 6.07) is 3.08. The summed E-state index contributed by atoms with van der Waals surface area (Å²) in [5, 5.41) is 6.37. The lowest BCUT2D eigenvalue weighted by molar-refractivity contribution is 0.384. The average Bonchev–Trinajstić information content (AvgIpc) is 2.64. The number of hydrogen-bond acceptors (Lipinski definition) is 3. The maximum absolute atomic E-state index is 13.6. The van der Waals surface area contributed by atoms with Crippen LogP contribution in [-0.2, 0) is 0 Å². The molecular formula is C10H9BrFN3O. The van der Waals surface area contributed by atoms with Crippen molar-refractivity contribution in [1.82, 2.24) is 10.2 Å². The van der Waals surface area contributed by atoms with Crippen LogP contribution in [0.3, 0.4) is 0 Å². The van der Waals surface area contributed by atoms with Gasteiger partial charge in [0.15, 0.2) is 11.6 Å². The minimum Gasteiger partial charge on any atom is -0.492 e. The van der Waals surface area contributed by atoms with Gasteiger partial charge in [0.1, 0.15) is 5.82 Å². The van der Waals surface area contributed by atoms with Crippen molar-refractivity contribution >= 4 is 21.7 Å². The predicted molar refractivity (Wildman–Crippen MR) is 62.6 cm³/mol. The molecule has 0 aliphatic heterocycles. The summed E-state index contributed by atoms with van der Waals surface area (Å²) in [5.41, 5.74) is 6.95. The summed E-state index contributed by atoms with van der Waals surface area (Å²) in [5.74, 6) is 0.120. The van der Waals surface area contributed by atoms with Crippen LogP contribution < -0.4 is 10.5 Å². The van der Waals surface area contributed by atoms with Crippen LogP contribution in [0.5, 0.6) is 5.75 Å². The molecule has 0 atom stereocenters. The molecule has 0 fully saturated rings. The first-order chi connectivity index (χ1) is 7.63. The number of rotatable bonds is 2. The first-order valence-electron chi connectivity index (χ1n) is 4.45. The lowest BCUT2D eigenvalue weighted by Gasteiger charge is -2.07.